The second-order valence-electron chi connectivity index (χ2n) is 4.25. The topological polar surface area (TPSA) is 72.2 Å². The molecule has 21 heavy (non-hydrogen) atoms. The van der Waals surface area contributed by atoms with Crippen LogP contribution in [0.1, 0.15) is 0 Å². The largest absolute Gasteiger partial charge is 0.399 e. The molecule has 4 nitrogen and oxygen atoms in total. The SMILES string of the molecule is Nc1ccc(Cl)c(S(=O)(=O)NCCSc2ccccc2)c1. The van der Waals surface area contributed by atoms with E-state index in [0.29, 0.717) is 18.0 Å². The molecule has 0 aliphatic heterocycles. The molecule has 0 unspecified atom stereocenters. The van der Waals surface area contributed by atoms with Crippen LogP contribution in [0.3, 0.4) is 0 Å². The molecule has 0 amide bonds. The zero-order chi connectivity index (χ0) is 15.3. The molecule has 0 aromatic heterocycles. The molecule has 0 aliphatic rings. The molecule has 2 rings (SSSR count). The summed E-state index contributed by atoms with van der Waals surface area (Å²) in [5.41, 5.74) is 5.96. The van der Waals surface area contributed by atoms with Gasteiger partial charge in [-0.2, -0.15) is 0 Å². The van der Waals surface area contributed by atoms with Crippen LogP contribution in [0.25, 0.3) is 0 Å². The van der Waals surface area contributed by atoms with Crippen LogP contribution in [0, 0.1) is 0 Å². The average molecular weight is 343 g/mol. The van der Waals surface area contributed by atoms with Gasteiger partial charge >= 0.3 is 0 Å². The fourth-order valence-electron chi connectivity index (χ4n) is 1.67. The van der Waals surface area contributed by atoms with E-state index >= 15 is 0 Å². The Kier molecular flexibility index (Phi) is 5.52. The lowest BCUT2D eigenvalue weighted by Gasteiger charge is -2.09. The number of benzene rings is 2. The number of nitrogen functional groups attached to an aromatic ring is 1. The van der Waals surface area contributed by atoms with Gasteiger partial charge in [0.2, 0.25) is 10.0 Å². The Balaban J connectivity index is 1.94. The lowest BCUT2D eigenvalue weighted by atomic mass is 10.3. The van der Waals surface area contributed by atoms with Crippen molar-refractivity contribution in [2.45, 2.75) is 9.79 Å². The van der Waals surface area contributed by atoms with Crippen molar-refractivity contribution < 1.29 is 8.42 Å². The Bertz CT molecular complexity index is 706. The van der Waals surface area contributed by atoms with Crippen LogP contribution in [0.2, 0.25) is 5.02 Å². The number of rotatable bonds is 6. The van der Waals surface area contributed by atoms with Crippen molar-refractivity contribution >= 4 is 39.1 Å². The Hall–Kier alpha value is -1.21. The van der Waals surface area contributed by atoms with Gasteiger partial charge in [-0.05, 0) is 30.3 Å². The van der Waals surface area contributed by atoms with Gasteiger partial charge in [0.15, 0.2) is 0 Å². The van der Waals surface area contributed by atoms with Crippen LogP contribution in [0.4, 0.5) is 5.69 Å². The summed E-state index contributed by atoms with van der Waals surface area (Å²) in [5.74, 6) is 0.628. The number of hydrogen-bond acceptors (Lipinski definition) is 4. The van der Waals surface area contributed by atoms with E-state index in [2.05, 4.69) is 4.72 Å². The molecule has 0 atom stereocenters. The van der Waals surface area contributed by atoms with E-state index in [-0.39, 0.29) is 9.92 Å². The quantitative estimate of drug-likeness (QED) is 0.481. The molecule has 0 spiro atoms. The molecule has 7 heteroatoms. The number of anilines is 1. The minimum atomic E-state index is -3.64. The molecule has 0 radical (unpaired) electrons. The van der Waals surface area contributed by atoms with Gasteiger partial charge in [-0.1, -0.05) is 29.8 Å². The first kappa shape index (κ1) is 16.2. The van der Waals surface area contributed by atoms with E-state index in [1.54, 1.807) is 17.8 Å². The number of thioether (sulfide) groups is 1. The smallest absolute Gasteiger partial charge is 0.242 e. The van der Waals surface area contributed by atoms with Crippen molar-refractivity contribution in [3.05, 3.63) is 53.6 Å². The van der Waals surface area contributed by atoms with Crippen LogP contribution in [0.15, 0.2) is 58.3 Å². The van der Waals surface area contributed by atoms with Crippen molar-refractivity contribution in [3.63, 3.8) is 0 Å². The summed E-state index contributed by atoms with van der Waals surface area (Å²) in [6.07, 6.45) is 0. The summed E-state index contributed by atoms with van der Waals surface area (Å²) in [6, 6.07) is 14.2. The molecule has 2 aromatic carbocycles. The van der Waals surface area contributed by atoms with Gasteiger partial charge in [0.1, 0.15) is 4.90 Å². The maximum Gasteiger partial charge on any atom is 0.242 e. The van der Waals surface area contributed by atoms with Gasteiger partial charge in [-0.3, -0.25) is 0 Å². The molecule has 2 aromatic rings. The predicted octanol–water partition coefficient (Wildman–Crippen LogP) is 2.99. The molecule has 0 saturated heterocycles. The highest BCUT2D eigenvalue weighted by atomic mass is 35.5. The average Bonchev–Trinajstić information content (AvgIpc) is 2.47. The van der Waals surface area contributed by atoms with Gasteiger partial charge in [0.05, 0.1) is 5.02 Å². The summed E-state index contributed by atoms with van der Waals surface area (Å²) < 4.78 is 26.8. The Morgan fingerprint density at radius 1 is 1.14 bits per heavy atom. The zero-order valence-electron chi connectivity index (χ0n) is 11.1. The summed E-state index contributed by atoms with van der Waals surface area (Å²) in [7, 11) is -3.64. The molecular weight excluding hydrogens is 328 g/mol. The number of nitrogens with one attached hydrogen (secondary N) is 1. The highest BCUT2D eigenvalue weighted by Crippen LogP contribution is 2.23. The maximum absolute atomic E-state index is 12.2. The molecule has 0 aliphatic carbocycles. The Labute approximate surface area is 133 Å². The lowest BCUT2D eigenvalue weighted by molar-refractivity contribution is 0.584. The van der Waals surface area contributed by atoms with E-state index in [1.807, 2.05) is 30.3 Å². The van der Waals surface area contributed by atoms with Gasteiger partial charge in [-0.15, -0.1) is 11.8 Å². The van der Waals surface area contributed by atoms with Crippen molar-refractivity contribution in [3.8, 4) is 0 Å². The summed E-state index contributed by atoms with van der Waals surface area (Å²) >= 11 is 7.49. The molecule has 0 heterocycles. The fourth-order valence-corrected chi connectivity index (χ4v) is 4.15. The van der Waals surface area contributed by atoms with Crippen LogP contribution in [-0.2, 0) is 10.0 Å². The number of halogens is 1. The minimum Gasteiger partial charge on any atom is -0.399 e. The van der Waals surface area contributed by atoms with Crippen molar-refractivity contribution in [2.24, 2.45) is 0 Å². The van der Waals surface area contributed by atoms with Crippen molar-refractivity contribution in [2.75, 3.05) is 18.0 Å². The zero-order valence-corrected chi connectivity index (χ0v) is 13.5. The van der Waals surface area contributed by atoms with E-state index in [0.717, 1.165) is 4.90 Å². The minimum absolute atomic E-state index is 0.00822. The third-order valence-corrected chi connectivity index (χ3v) is 5.61. The van der Waals surface area contributed by atoms with E-state index < -0.39 is 10.0 Å². The first-order chi connectivity index (χ1) is 9.99. The second-order valence-corrected chi connectivity index (χ2v) is 7.56. The fraction of sp³-hybridized carbons (Fsp3) is 0.143. The standard InChI is InChI=1S/C14H15ClN2O2S2/c15-13-7-6-11(16)10-14(13)21(18,19)17-8-9-20-12-4-2-1-3-5-12/h1-7,10,17H,8-9,16H2. The number of sulfonamides is 1. The molecule has 0 saturated carbocycles. The third kappa shape index (κ3) is 4.64. The Morgan fingerprint density at radius 2 is 1.86 bits per heavy atom. The van der Waals surface area contributed by atoms with E-state index in [9.17, 15) is 8.42 Å². The number of hydrogen-bond donors (Lipinski definition) is 2. The van der Waals surface area contributed by atoms with Gasteiger partial charge in [0.25, 0.3) is 0 Å². The Morgan fingerprint density at radius 3 is 2.57 bits per heavy atom. The molecule has 112 valence electrons. The number of nitrogens with two attached hydrogens (primary N) is 1. The second kappa shape index (κ2) is 7.17. The first-order valence-corrected chi connectivity index (χ1v) is 9.06. The molecule has 0 fully saturated rings. The highest BCUT2D eigenvalue weighted by molar-refractivity contribution is 7.99. The van der Waals surface area contributed by atoms with Crippen LogP contribution >= 0.6 is 23.4 Å². The molecule has 3 N–H and O–H groups in total. The van der Waals surface area contributed by atoms with E-state index in [4.69, 9.17) is 17.3 Å². The summed E-state index contributed by atoms with van der Waals surface area (Å²) in [5, 5.41) is 0.160. The van der Waals surface area contributed by atoms with Gasteiger partial charge in [0, 0.05) is 22.9 Å². The summed E-state index contributed by atoms with van der Waals surface area (Å²) in [6.45, 7) is 0.313. The van der Waals surface area contributed by atoms with Gasteiger partial charge in [-0.25, -0.2) is 13.1 Å². The van der Waals surface area contributed by atoms with Crippen LogP contribution < -0.4 is 10.5 Å². The van der Waals surface area contributed by atoms with Crippen molar-refractivity contribution in [1.82, 2.24) is 4.72 Å². The van der Waals surface area contributed by atoms with Crippen LogP contribution in [0.5, 0.6) is 0 Å². The van der Waals surface area contributed by atoms with Gasteiger partial charge < -0.3 is 5.73 Å². The molecule has 0 bridgehead atoms. The first-order valence-electron chi connectivity index (χ1n) is 6.21. The predicted molar refractivity (Wildman–Crippen MR) is 88.2 cm³/mol. The molecular formula is C14H15ClN2O2S2. The van der Waals surface area contributed by atoms with Crippen molar-refractivity contribution in [1.29, 1.82) is 0 Å². The lowest BCUT2D eigenvalue weighted by Crippen LogP contribution is -2.26. The monoisotopic (exact) mass is 342 g/mol. The third-order valence-electron chi connectivity index (χ3n) is 2.65. The van der Waals surface area contributed by atoms with E-state index in [1.165, 1.54) is 12.1 Å². The highest BCUT2D eigenvalue weighted by Gasteiger charge is 2.17. The van der Waals surface area contributed by atoms with Crippen LogP contribution in [-0.4, -0.2) is 20.7 Å². The normalized spacial score (nSPS) is 11.5. The summed E-state index contributed by atoms with van der Waals surface area (Å²) in [4.78, 5) is 1.10. The maximum atomic E-state index is 12.2.